The highest BCUT2D eigenvalue weighted by Gasteiger charge is 2.02. The largest absolute Gasteiger partial charge is 0.370 e. The molecule has 0 spiro atoms. The van der Waals surface area contributed by atoms with Gasteiger partial charge in [0.15, 0.2) is 5.96 Å². The molecule has 5 heteroatoms. The Morgan fingerprint density at radius 1 is 1.56 bits per heavy atom. The highest BCUT2D eigenvalue weighted by molar-refractivity contribution is 9.10. The summed E-state index contributed by atoms with van der Waals surface area (Å²) < 4.78 is 0.941. The molecule has 0 heterocycles. The fourth-order valence-electron chi connectivity index (χ4n) is 1.05. The van der Waals surface area contributed by atoms with Crippen LogP contribution in [0.2, 0.25) is 5.02 Å². The van der Waals surface area contributed by atoms with E-state index in [-0.39, 0.29) is 0 Å². The van der Waals surface area contributed by atoms with E-state index < -0.39 is 0 Å². The molecular weight excluding hydrogens is 289 g/mol. The third-order valence-electron chi connectivity index (χ3n) is 1.82. The normalized spacial score (nSPS) is 11.9. The molecule has 0 atom stereocenters. The Bertz CT molecular complexity index is 391. The number of nitrogens with zero attached hydrogens (tertiary/aromatic N) is 1. The number of hydrogen-bond acceptors (Lipinski definition) is 1. The first-order valence-electron chi connectivity index (χ1n) is 5.01. The van der Waals surface area contributed by atoms with Crippen molar-refractivity contribution in [3.8, 4) is 0 Å². The summed E-state index contributed by atoms with van der Waals surface area (Å²) in [5, 5.41) is 3.59. The number of guanidine groups is 1. The minimum Gasteiger partial charge on any atom is -0.370 e. The van der Waals surface area contributed by atoms with E-state index in [0.717, 1.165) is 10.2 Å². The van der Waals surface area contributed by atoms with Gasteiger partial charge in [-0.25, -0.2) is 0 Å². The summed E-state index contributed by atoms with van der Waals surface area (Å²) in [5.74, 6) is 0.868. The number of nitrogens with one attached hydrogen (secondary N) is 1. The van der Waals surface area contributed by atoms with Gasteiger partial charge in [-0.2, -0.15) is 0 Å². The second kappa shape index (κ2) is 6.11. The molecule has 0 saturated carbocycles. The van der Waals surface area contributed by atoms with Crippen LogP contribution in [-0.4, -0.2) is 12.5 Å². The zero-order valence-electron chi connectivity index (χ0n) is 9.30. The first-order chi connectivity index (χ1) is 7.49. The number of aliphatic imine (C=N–C) groups is 1. The summed E-state index contributed by atoms with van der Waals surface area (Å²) in [7, 11) is 0. The highest BCUT2D eigenvalue weighted by atomic mass is 79.9. The third-order valence-corrected chi connectivity index (χ3v) is 2.64. The van der Waals surface area contributed by atoms with Crippen LogP contribution >= 0.6 is 27.5 Å². The Labute approximate surface area is 109 Å². The van der Waals surface area contributed by atoms with Crippen LogP contribution in [0.5, 0.6) is 0 Å². The van der Waals surface area contributed by atoms with Crippen LogP contribution < -0.4 is 11.1 Å². The molecule has 16 heavy (non-hydrogen) atoms. The molecule has 1 rings (SSSR count). The number of anilines is 1. The van der Waals surface area contributed by atoms with E-state index in [9.17, 15) is 0 Å². The molecule has 0 bridgehead atoms. The average Bonchev–Trinajstić information content (AvgIpc) is 2.20. The van der Waals surface area contributed by atoms with Crippen molar-refractivity contribution in [3.05, 3.63) is 27.7 Å². The molecule has 88 valence electrons. The first-order valence-corrected chi connectivity index (χ1v) is 6.18. The van der Waals surface area contributed by atoms with Crippen LogP contribution in [0.25, 0.3) is 0 Å². The molecule has 0 aliphatic carbocycles. The van der Waals surface area contributed by atoms with Crippen molar-refractivity contribution < 1.29 is 0 Å². The van der Waals surface area contributed by atoms with Gasteiger partial charge in [-0.1, -0.05) is 41.4 Å². The predicted octanol–water partition coefficient (Wildman–Crippen LogP) is 3.49. The molecule has 0 aliphatic rings. The van der Waals surface area contributed by atoms with Gasteiger partial charge in [0.25, 0.3) is 0 Å². The Hall–Kier alpha value is -0.740. The van der Waals surface area contributed by atoms with Crippen molar-refractivity contribution >= 4 is 39.2 Å². The van der Waals surface area contributed by atoms with E-state index in [0.29, 0.717) is 23.4 Å². The van der Waals surface area contributed by atoms with E-state index in [2.05, 4.69) is 40.1 Å². The van der Waals surface area contributed by atoms with Gasteiger partial charge in [-0.05, 0) is 24.1 Å². The van der Waals surface area contributed by atoms with Crippen molar-refractivity contribution in [1.82, 2.24) is 0 Å². The van der Waals surface area contributed by atoms with E-state index in [1.165, 1.54) is 0 Å². The minimum absolute atomic E-state index is 0.383. The van der Waals surface area contributed by atoms with Crippen LogP contribution in [0.1, 0.15) is 13.8 Å². The lowest BCUT2D eigenvalue weighted by atomic mass is 10.2. The second-order valence-corrected chi connectivity index (χ2v) is 5.19. The molecule has 0 saturated heterocycles. The fraction of sp³-hybridized carbons (Fsp3) is 0.364. The van der Waals surface area contributed by atoms with Gasteiger partial charge in [0.2, 0.25) is 0 Å². The van der Waals surface area contributed by atoms with E-state index in [1.807, 2.05) is 12.1 Å². The maximum Gasteiger partial charge on any atom is 0.193 e. The summed E-state index contributed by atoms with van der Waals surface area (Å²) in [6.45, 7) is 4.87. The molecule has 3 nitrogen and oxygen atoms in total. The predicted molar refractivity (Wildman–Crippen MR) is 74.1 cm³/mol. The lowest BCUT2D eigenvalue weighted by Gasteiger charge is -2.08. The number of hydrogen-bond donors (Lipinski definition) is 2. The lowest BCUT2D eigenvalue weighted by Crippen LogP contribution is -2.23. The van der Waals surface area contributed by atoms with Gasteiger partial charge in [0, 0.05) is 11.0 Å². The molecule has 0 fully saturated rings. The number of benzene rings is 1. The average molecular weight is 305 g/mol. The molecule has 0 radical (unpaired) electrons. The second-order valence-electron chi connectivity index (χ2n) is 3.87. The smallest absolute Gasteiger partial charge is 0.193 e. The number of rotatable bonds is 3. The van der Waals surface area contributed by atoms with Gasteiger partial charge in [0.05, 0.1) is 10.7 Å². The van der Waals surface area contributed by atoms with Crippen molar-refractivity contribution in [2.45, 2.75) is 13.8 Å². The molecule has 0 unspecified atom stereocenters. The molecular formula is C11H15BrClN3. The molecule has 0 aliphatic heterocycles. The summed E-state index contributed by atoms with van der Waals surface area (Å²) in [6.07, 6.45) is 0. The SMILES string of the molecule is CC(C)CN=C(N)Nc1cc(Br)ccc1Cl. The molecule has 0 amide bonds. The zero-order valence-corrected chi connectivity index (χ0v) is 11.6. The molecule has 1 aromatic rings. The van der Waals surface area contributed by atoms with E-state index >= 15 is 0 Å². The van der Waals surface area contributed by atoms with Crippen molar-refractivity contribution in [3.63, 3.8) is 0 Å². The summed E-state index contributed by atoms with van der Waals surface area (Å²) in [6, 6.07) is 5.53. The number of nitrogens with two attached hydrogens (primary N) is 1. The van der Waals surface area contributed by atoms with Crippen molar-refractivity contribution in [2.75, 3.05) is 11.9 Å². The van der Waals surface area contributed by atoms with Gasteiger partial charge in [-0.3, -0.25) is 4.99 Å². The van der Waals surface area contributed by atoms with Crippen LogP contribution in [0.15, 0.2) is 27.7 Å². The van der Waals surface area contributed by atoms with Crippen LogP contribution in [-0.2, 0) is 0 Å². The van der Waals surface area contributed by atoms with Crippen LogP contribution in [0.4, 0.5) is 5.69 Å². The first kappa shape index (κ1) is 13.3. The van der Waals surface area contributed by atoms with Crippen molar-refractivity contribution in [1.29, 1.82) is 0 Å². The standard InChI is InChI=1S/C11H15BrClN3/c1-7(2)6-15-11(14)16-10-5-8(12)3-4-9(10)13/h3-5,7H,6H2,1-2H3,(H3,14,15,16). The fourth-order valence-corrected chi connectivity index (χ4v) is 1.58. The van der Waals surface area contributed by atoms with Gasteiger partial charge >= 0.3 is 0 Å². The van der Waals surface area contributed by atoms with Gasteiger partial charge in [-0.15, -0.1) is 0 Å². The Kier molecular flexibility index (Phi) is 5.09. The Balaban J connectivity index is 2.72. The minimum atomic E-state index is 0.383. The summed E-state index contributed by atoms with van der Waals surface area (Å²) >= 11 is 9.38. The Morgan fingerprint density at radius 2 is 2.25 bits per heavy atom. The van der Waals surface area contributed by atoms with E-state index in [1.54, 1.807) is 6.07 Å². The quantitative estimate of drug-likeness (QED) is 0.663. The topological polar surface area (TPSA) is 50.4 Å². The zero-order chi connectivity index (χ0) is 12.1. The number of halogens is 2. The highest BCUT2D eigenvalue weighted by Crippen LogP contribution is 2.25. The maximum absolute atomic E-state index is 6.01. The van der Waals surface area contributed by atoms with E-state index in [4.69, 9.17) is 17.3 Å². The monoisotopic (exact) mass is 303 g/mol. The lowest BCUT2D eigenvalue weighted by molar-refractivity contribution is 0.665. The Morgan fingerprint density at radius 3 is 2.88 bits per heavy atom. The summed E-state index contributed by atoms with van der Waals surface area (Å²) in [4.78, 5) is 4.20. The van der Waals surface area contributed by atoms with Crippen LogP contribution in [0, 0.1) is 5.92 Å². The molecule has 0 aromatic heterocycles. The third kappa shape index (κ3) is 4.41. The van der Waals surface area contributed by atoms with Crippen molar-refractivity contribution in [2.24, 2.45) is 16.6 Å². The summed E-state index contributed by atoms with van der Waals surface area (Å²) in [5.41, 5.74) is 6.49. The molecule has 1 aromatic carbocycles. The van der Waals surface area contributed by atoms with Gasteiger partial charge < -0.3 is 11.1 Å². The maximum atomic E-state index is 6.01. The van der Waals surface area contributed by atoms with Crippen LogP contribution in [0.3, 0.4) is 0 Å². The molecule has 3 N–H and O–H groups in total. The van der Waals surface area contributed by atoms with Gasteiger partial charge in [0.1, 0.15) is 0 Å².